The molecule has 27 heavy (non-hydrogen) atoms. The van der Waals surface area contributed by atoms with Gasteiger partial charge in [-0.2, -0.15) is 0 Å². The maximum absolute atomic E-state index is 12.8. The zero-order valence-electron chi connectivity index (χ0n) is 15.6. The van der Waals surface area contributed by atoms with E-state index in [2.05, 4.69) is 0 Å². The summed E-state index contributed by atoms with van der Waals surface area (Å²) in [5.74, 6) is -0.810. The highest BCUT2D eigenvalue weighted by atomic mass is 32.2. The lowest BCUT2D eigenvalue weighted by Gasteiger charge is -2.29. The largest absolute Gasteiger partial charge is 0.448 e. The van der Waals surface area contributed by atoms with Gasteiger partial charge in [0.15, 0.2) is 15.9 Å². The Hall–Kier alpha value is -1.93. The molecule has 0 unspecified atom stereocenters. The van der Waals surface area contributed by atoms with Gasteiger partial charge in [-0.1, -0.05) is 18.2 Å². The lowest BCUT2D eigenvalue weighted by Crippen LogP contribution is -2.46. The van der Waals surface area contributed by atoms with Crippen LogP contribution in [0.1, 0.15) is 35.5 Å². The van der Waals surface area contributed by atoms with E-state index in [0.717, 1.165) is 15.6 Å². The Morgan fingerprint density at radius 2 is 2.04 bits per heavy atom. The number of benzene rings is 1. The Morgan fingerprint density at radius 3 is 2.63 bits per heavy atom. The molecule has 1 aliphatic rings. The third kappa shape index (κ3) is 4.01. The highest BCUT2D eigenvalue weighted by Crippen LogP contribution is 2.31. The minimum absolute atomic E-state index is 0.0251. The summed E-state index contributed by atoms with van der Waals surface area (Å²) in [5.41, 5.74) is 0.842. The standard InChI is InChI=1S/C19H23NO5S2/c1-4-20(14-9-10-27(23,24)11-14)18(21)13(3)25-19(22)17-12(2)15-7-5-6-8-16(15)26-17/h5-8,13-14H,4,9-11H2,1-3H3/t13-,14-/m1/s1. The highest BCUT2D eigenvalue weighted by molar-refractivity contribution is 7.91. The van der Waals surface area contributed by atoms with Crippen LogP contribution in [0.5, 0.6) is 0 Å². The number of rotatable bonds is 5. The number of sulfone groups is 1. The molecule has 1 aliphatic heterocycles. The van der Waals surface area contributed by atoms with E-state index in [1.54, 1.807) is 6.92 Å². The SMILES string of the molecule is CCN(C(=O)[C@@H](C)OC(=O)c1sc2ccccc2c1C)[C@@H]1CCS(=O)(=O)C1. The topological polar surface area (TPSA) is 80.8 Å². The third-order valence-electron chi connectivity index (χ3n) is 4.93. The number of fused-ring (bicyclic) bond motifs is 1. The molecular formula is C19H23NO5S2. The molecule has 146 valence electrons. The van der Waals surface area contributed by atoms with Crippen molar-refractivity contribution in [3.8, 4) is 0 Å². The summed E-state index contributed by atoms with van der Waals surface area (Å²) in [7, 11) is -3.10. The highest BCUT2D eigenvalue weighted by Gasteiger charge is 2.36. The molecule has 0 bridgehead atoms. The van der Waals surface area contributed by atoms with E-state index >= 15 is 0 Å². The first-order valence-electron chi connectivity index (χ1n) is 8.93. The van der Waals surface area contributed by atoms with Crippen molar-refractivity contribution in [1.82, 2.24) is 4.90 Å². The van der Waals surface area contributed by atoms with Gasteiger partial charge in [0.2, 0.25) is 0 Å². The Bertz CT molecular complexity index is 979. The predicted octanol–water partition coefficient (Wildman–Crippen LogP) is 2.79. The Kier molecular flexibility index (Phi) is 5.58. The van der Waals surface area contributed by atoms with Crippen molar-refractivity contribution in [3.05, 3.63) is 34.7 Å². The van der Waals surface area contributed by atoms with Gasteiger partial charge in [-0.25, -0.2) is 13.2 Å². The Morgan fingerprint density at radius 1 is 1.33 bits per heavy atom. The van der Waals surface area contributed by atoms with Gasteiger partial charge >= 0.3 is 5.97 Å². The van der Waals surface area contributed by atoms with E-state index in [9.17, 15) is 18.0 Å². The van der Waals surface area contributed by atoms with Gasteiger partial charge < -0.3 is 9.64 Å². The van der Waals surface area contributed by atoms with Crippen molar-refractivity contribution in [2.24, 2.45) is 0 Å². The number of thiophene rings is 1. The van der Waals surface area contributed by atoms with E-state index < -0.39 is 21.9 Å². The third-order valence-corrected chi connectivity index (χ3v) is 7.94. The second-order valence-corrected chi connectivity index (χ2v) is 10.1. The summed E-state index contributed by atoms with van der Waals surface area (Å²) in [6, 6.07) is 7.37. The summed E-state index contributed by atoms with van der Waals surface area (Å²) in [6.07, 6.45) is -0.539. The molecule has 6 nitrogen and oxygen atoms in total. The van der Waals surface area contributed by atoms with Crippen LogP contribution < -0.4 is 0 Å². The molecule has 0 N–H and O–H groups in total. The van der Waals surface area contributed by atoms with Crippen molar-refractivity contribution in [3.63, 3.8) is 0 Å². The number of nitrogens with zero attached hydrogens (tertiary/aromatic N) is 1. The zero-order valence-corrected chi connectivity index (χ0v) is 17.2. The van der Waals surface area contributed by atoms with Crippen molar-refractivity contribution in [2.75, 3.05) is 18.1 Å². The van der Waals surface area contributed by atoms with Gasteiger partial charge in [0, 0.05) is 17.3 Å². The van der Waals surface area contributed by atoms with E-state index in [1.165, 1.54) is 23.2 Å². The van der Waals surface area contributed by atoms with Crippen LogP contribution in [0.15, 0.2) is 24.3 Å². The van der Waals surface area contributed by atoms with E-state index in [1.807, 2.05) is 31.2 Å². The molecule has 1 amide bonds. The van der Waals surface area contributed by atoms with Gasteiger partial charge in [0.25, 0.3) is 5.91 Å². The molecule has 2 aromatic rings. The van der Waals surface area contributed by atoms with Crippen LogP contribution in [-0.4, -0.2) is 55.4 Å². The number of esters is 1. The number of likely N-dealkylation sites (N-methyl/N-ethyl adjacent to an activating group) is 1. The first kappa shape index (κ1) is 19.8. The predicted molar refractivity (Wildman–Crippen MR) is 106 cm³/mol. The number of carbonyl (C=O) groups excluding carboxylic acids is 2. The second-order valence-electron chi connectivity index (χ2n) is 6.78. The number of hydrogen-bond donors (Lipinski definition) is 0. The second kappa shape index (κ2) is 7.59. The number of hydrogen-bond acceptors (Lipinski definition) is 6. The van der Waals surface area contributed by atoms with Crippen molar-refractivity contribution in [1.29, 1.82) is 0 Å². The quantitative estimate of drug-likeness (QED) is 0.710. The molecule has 2 heterocycles. The van der Waals surface area contributed by atoms with Crippen LogP contribution in [0.2, 0.25) is 0 Å². The monoisotopic (exact) mass is 409 g/mol. The smallest absolute Gasteiger partial charge is 0.349 e. The molecule has 1 saturated heterocycles. The number of ether oxygens (including phenoxy) is 1. The van der Waals surface area contributed by atoms with Gasteiger partial charge in [-0.3, -0.25) is 4.79 Å². The van der Waals surface area contributed by atoms with Gasteiger partial charge in [0.05, 0.1) is 11.5 Å². The van der Waals surface area contributed by atoms with Gasteiger partial charge in [-0.05, 0) is 44.2 Å². The summed E-state index contributed by atoms with van der Waals surface area (Å²) >= 11 is 1.35. The molecule has 0 aliphatic carbocycles. The molecule has 8 heteroatoms. The fourth-order valence-electron chi connectivity index (χ4n) is 3.48. The summed E-state index contributed by atoms with van der Waals surface area (Å²) in [4.78, 5) is 27.4. The fraction of sp³-hybridized carbons (Fsp3) is 0.474. The summed E-state index contributed by atoms with van der Waals surface area (Å²) in [5, 5.41) is 1.000. The average molecular weight is 410 g/mol. The fourth-order valence-corrected chi connectivity index (χ4v) is 6.31. The maximum Gasteiger partial charge on any atom is 0.349 e. The van der Waals surface area contributed by atoms with Crippen molar-refractivity contribution >= 4 is 43.1 Å². The number of amides is 1. The van der Waals surface area contributed by atoms with Crippen molar-refractivity contribution in [2.45, 2.75) is 39.3 Å². The molecular weight excluding hydrogens is 386 g/mol. The number of carbonyl (C=O) groups is 2. The minimum atomic E-state index is -3.10. The van der Waals surface area contributed by atoms with Crippen LogP contribution in [0.25, 0.3) is 10.1 Å². The van der Waals surface area contributed by atoms with Gasteiger partial charge in [-0.15, -0.1) is 11.3 Å². The lowest BCUT2D eigenvalue weighted by molar-refractivity contribution is -0.141. The van der Waals surface area contributed by atoms with E-state index in [-0.39, 0.29) is 23.5 Å². The van der Waals surface area contributed by atoms with Crippen LogP contribution in [0.4, 0.5) is 0 Å². The first-order valence-corrected chi connectivity index (χ1v) is 11.6. The minimum Gasteiger partial charge on any atom is -0.448 e. The molecule has 0 saturated carbocycles. The normalized spacial score (nSPS) is 19.7. The first-order chi connectivity index (χ1) is 12.7. The molecule has 1 aromatic carbocycles. The van der Waals surface area contributed by atoms with Crippen LogP contribution in [0.3, 0.4) is 0 Å². The number of aryl methyl sites for hydroxylation is 1. The Balaban J connectivity index is 1.73. The zero-order chi connectivity index (χ0) is 19.8. The summed E-state index contributed by atoms with van der Waals surface area (Å²) in [6.45, 7) is 5.58. The van der Waals surface area contributed by atoms with Gasteiger partial charge in [0.1, 0.15) is 4.88 Å². The molecule has 0 radical (unpaired) electrons. The molecule has 0 spiro atoms. The molecule has 2 atom stereocenters. The van der Waals surface area contributed by atoms with Crippen LogP contribution in [0, 0.1) is 6.92 Å². The van der Waals surface area contributed by atoms with E-state index in [0.29, 0.717) is 17.8 Å². The van der Waals surface area contributed by atoms with Crippen molar-refractivity contribution < 1.29 is 22.7 Å². The molecule has 3 rings (SSSR count). The Labute approximate surface area is 163 Å². The van der Waals surface area contributed by atoms with E-state index in [4.69, 9.17) is 4.74 Å². The molecule has 1 fully saturated rings. The van der Waals surface area contributed by atoms with Crippen LogP contribution >= 0.6 is 11.3 Å². The van der Waals surface area contributed by atoms with Crippen LogP contribution in [-0.2, 0) is 19.4 Å². The summed E-state index contributed by atoms with van der Waals surface area (Å²) < 4.78 is 29.9. The average Bonchev–Trinajstić information content (AvgIpc) is 3.15. The molecule has 1 aromatic heterocycles. The maximum atomic E-state index is 12.8. The lowest BCUT2D eigenvalue weighted by atomic mass is 10.1.